The van der Waals surface area contributed by atoms with Crippen LogP contribution < -0.4 is 5.32 Å². The molecule has 2 N–H and O–H groups in total. The summed E-state index contributed by atoms with van der Waals surface area (Å²) in [6.45, 7) is 0. The van der Waals surface area contributed by atoms with Crippen LogP contribution >= 0.6 is 0 Å². The lowest BCUT2D eigenvalue weighted by Gasteiger charge is -2.14. The summed E-state index contributed by atoms with van der Waals surface area (Å²) in [5.41, 5.74) is -3.84. The molecule has 0 fully saturated rings. The Morgan fingerprint density at radius 1 is 0.833 bits per heavy atom. The first-order valence-electron chi connectivity index (χ1n) is 6.37. The highest BCUT2D eigenvalue weighted by Crippen LogP contribution is 2.36. The molecule has 2 aromatic rings. The van der Waals surface area contributed by atoms with Gasteiger partial charge in [-0.3, -0.25) is 4.79 Å². The van der Waals surface area contributed by atoms with Crippen molar-refractivity contribution < 1.29 is 36.2 Å². The van der Waals surface area contributed by atoms with Crippen molar-refractivity contribution in [2.75, 3.05) is 5.32 Å². The minimum absolute atomic E-state index is 0.0582. The molecule has 3 nitrogen and oxygen atoms in total. The lowest BCUT2D eigenvalue weighted by atomic mass is 10.0. The third kappa shape index (κ3) is 4.18. The number of aromatic hydroxyl groups is 1. The standard InChI is InChI=1S/C15H9F6NO2/c16-14(17,18)9-5-8(6-10(7-9)15(19,20)21)13(24)22-11-1-3-12(23)4-2-11/h1-7,23H,(H,22,24). The van der Waals surface area contributed by atoms with E-state index in [-0.39, 0.29) is 17.5 Å². The van der Waals surface area contributed by atoms with Crippen molar-refractivity contribution >= 4 is 11.6 Å². The maximum absolute atomic E-state index is 12.7. The van der Waals surface area contributed by atoms with Crippen molar-refractivity contribution in [2.24, 2.45) is 0 Å². The number of hydrogen-bond acceptors (Lipinski definition) is 2. The molecule has 0 aromatic heterocycles. The molecule has 0 atom stereocenters. The molecule has 0 saturated heterocycles. The van der Waals surface area contributed by atoms with Crippen LogP contribution in [-0.2, 0) is 12.4 Å². The first-order valence-corrected chi connectivity index (χ1v) is 6.37. The van der Waals surface area contributed by atoms with Gasteiger partial charge in [0.15, 0.2) is 0 Å². The number of nitrogens with one attached hydrogen (secondary N) is 1. The maximum atomic E-state index is 12.7. The van der Waals surface area contributed by atoms with Crippen molar-refractivity contribution in [1.29, 1.82) is 0 Å². The largest absolute Gasteiger partial charge is 0.508 e. The van der Waals surface area contributed by atoms with Crippen LogP contribution in [0.3, 0.4) is 0 Å². The quantitative estimate of drug-likeness (QED) is 0.611. The summed E-state index contributed by atoms with van der Waals surface area (Å²) < 4.78 is 76.5. The molecule has 0 radical (unpaired) electrons. The summed E-state index contributed by atoms with van der Waals surface area (Å²) in [7, 11) is 0. The summed E-state index contributed by atoms with van der Waals surface area (Å²) in [4.78, 5) is 11.9. The molecule has 2 rings (SSSR count). The molecular formula is C15H9F6NO2. The first kappa shape index (κ1) is 17.6. The van der Waals surface area contributed by atoms with E-state index in [1.54, 1.807) is 0 Å². The van der Waals surface area contributed by atoms with Gasteiger partial charge in [0.25, 0.3) is 5.91 Å². The van der Waals surface area contributed by atoms with Crippen LogP contribution in [0.4, 0.5) is 32.0 Å². The number of amides is 1. The van der Waals surface area contributed by atoms with Gasteiger partial charge in [-0.1, -0.05) is 0 Å². The van der Waals surface area contributed by atoms with E-state index in [4.69, 9.17) is 5.11 Å². The van der Waals surface area contributed by atoms with Crippen LogP contribution in [0.1, 0.15) is 21.5 Å². The van der Waals surface area contributed by atoms with Crippen LogP contribution in [0.2, 0.25) is 0 Å². The summed E-state index contributed by atoms with van der Waals surface area (Å²) >= 11 is 0. The van der Waals surface area contributed by atoms with Gasteiger partial charge >= 0.3 is 12.4 Å². The summed E-state index contributed by atoms with van der Waals surface area (Å²) in [5, 5.41) is 11.3. The number of carbonyl (C=O) groups is 1. The monoisotopic (exact) mass is 349 g/mol. The predicted octanol–water partition coefficient (Wildman–Crippen LogP) is 4.68. The fraction of sp³-hybridized carbons (Fsp3) is 0.133. The molecule has 0 aliphatic heterocycles. The average Bonchev–Trinajstić information content (AvgIpc) is 2.47. The first-order chi connectivity index (χ1) is 11.0. The van der Waals surface area contributed by atoms with Crippen molar-refractivity contribution in [1.82, 2.24) is 0 Å². The van der Waals surface area contributed by atoms with Crippen LogP contribution in [0.5, 0.6) is 5.75 Å². The number of carbonyl (C=O) groups excluding carboxylic acids is 1. The molecule has 0 saturated carbocycles. The Balaban J connectivity index is 2.40. The van der Waals surface area contributed by atoms with Gasteiger partial charge in [0.1, 0.15) is 5.75 Å². The van der Waals surface area contributed by atoms with Gasteiger partial charge in [-0.05, 0) is 42.5 Å². The zero-order valence-corrected chi connectivity index (χ0v) is 11.7. The Labute approximate surface area is 131 Å². The Bertz CT molecular complexity index is 718. The van der Waals surface area contributed by atoms with Gasteiger partial charge < -0.3 is 10.4 Å². The van der Waals surface area contributed by atoms with Gasteiger partial charge in [-0.15, -0.1) is 0 Å². The number of phenolic OH excluding ortho intramolecular Hbond substituents is 1. The van der Waals surface area contributed by atoms with E-state index in [1.807, 2.05) is 0 Å². The number of rotatable bonds is 2. The van der Waals surface area contributed by atoms with Crippen molar-refractivity contribution in [2.45, 2.75) is 12.4 Å². The molecule has 2 aromatic carbocycles. The van der Waals surface area contributed by atoms with Gasteiger partial charge in [-0.2, -0.15) is 26.3 Å². The molecule has 24 heavy (non-hydrogen) atoms. The molecule has 128 valence electrons. The molecule has 0 spiro atoms. The van der Waals surface area contributed by atoms with E-state index >= 15 is 0 Å². The normalized spacial score (nSPS) is 12.1. The van der Waals surface area contributed by atoms with Crippen LogP contribution in [0, 0.1) is 0 Å². The van der Waals surface area contributed by atoms with Gasteiger partial charge in [0.2, 0.25) is 0 Å². The van der Waals surface area contributed by atoms with E-state index in [0.29, 0.717) is 12.1 Å². The Morgan fingerprint density at radius 2 is 1.29 bits per heavy atom. The lowest BCUT2D eigenvalue weighted by Crippen LogP contribution is -2.17. The Kier molecular flexibility index (Phi) is 4.46. The topological polar surface area (TPSA) is 49.3 Å². The highest BCUT2D eigenvalue weighted by atomic mass is 19.4. The number of alkyl halides is 6. The van der Waals surface area contributed by atoms with E-state index in [9.17, 15) is 31.1 Å². The third-order valence-corrected chi connectivity index (χ3v) is 2.98. The number of anilines is 1. The minimum atomic E-state index is -5.03. The number of benzene rings is 2. The smallest absolute Gasteiger partial charge is 0.416 e. The predicted molar refractivity (Wildman–Crippen MR) is 72.5 cm³/mol. The Morgan fingerprint density at radius 3 is 1.71 bits per heavy atom. The average molecular weight is 349 g/mol. The van der Waals surface area contributed by atoms with Gasteiger partial charge in [0.05, 0.1) is 11.1 Å². The molecule has 0 aliphatic rings. The zero-order valence-electron chi connectivity index (χ0n) is 11.7. The van der Waals surface area contributed by atoms with E-state index < -0.39 is 35.0 Å². The van der Waals surface area contributed by atoms with Gasteiger partial charge in [0, 0.05) is 11.3 Å². The number of phenols is 1. The lowest BCUT2D eigenvalue weighted by molar-refractivity contribution is -0.143. The second-order valence-corrected chi connectivity index (χ2v) is 4.80. The highest BCUT2D eigenvalue weighted by molar-refractivity contribution is 6.04. The molecule has 0 bridgehead atoms. The summed E-state index contributed by atoms with van der Waals surface area (Å²) in [5.74, 6) is -1.26. The van der Waals surface area contributed by atoms with Crippen molar-refractivity contribution in [3.8, 4) is 5.75 Å². The minimum Gasteiger partial charge on any atom is -0.508 e. The fourth-order valence-electron chi connectivity index (χ4n) is 1.83. The van der Waals surface area contributed by atoms with Crippen LogP contribution in [0.25, 0.3) is 0 Å². The van der Waals surface area contributed by atoms with Crippen molar-refractivity contribution in [3.05, 3.63) is 59.2 Å². The molecular weight excluding hydrogens is 340 g/mol. The highest BCUT2D eigenvalue weighted by Gasteiger charge is 2.37. The van der Waals surface area contributed by atoms with Gasteiger partial charge in [-0.25, -0.2) is 0 Å². The van der Waals surface area contributed by atoms with Crippen molar-refractivity contribution in [3.63, 3.8) is 0 Å². The molecule has 0 heterocycles. The molecule has 0 unspecified atom stereocenters. The zero-order chi connectivity index (χ0) is 18.1. The summed E-state index contributed by atoms with van der Waals surface area (Å²) in [6.07, 6.45) is -10.1. The van der Waals surface area contributed by atoms with E-state index in [0.717, 1.165) is 0 Å². The van der Waals surface area contributed by atoms with Crippen LogP contribution in [-0.4, -0.2) is 11.0 Å². The molecule has 0 aliphatic carbocycles. The third-order valence-electron chi connectivity index (χ3n) is 2.98. The second kappa shape index (κ2) is 6.06. The number of hydrogen-bond donors (Lipinski definition) is 2. The van der Waals surface area contributed by atoms with E-state index in [1.165, 1.54) is 24.3 Å². The maximum Gasteiger partial charge on any atom is 0.416 e. The second-order valence-electron chi connectivity index (χ2n) is 4.80. The molecule has 1 amide bonds. The SMILES string of the molecule is O=C(Nc1ccc(O)cc1)c1cc(C(F)(F)F)cc(C(F)(F)F)c1. The number of halogens is 6. The Hall–Kier alpha value is -2.71. The molecule has 9 heteroatoms. The van der Waals surface area contributed by atoms with E-state index in [2.05, 4.69) is 5.32 Å². The summed E-state index contributed by atoms with van der Waals surface area (Å²) in [6, 6.07) is 5.50. The van der Waals surface area contributed by atoms with Crippen LogP contribution in [0.15, 0.2) is 42.5 Å². The fourth-order valence-corrected chi connectivity index (χ4v) is 1.83.